The van der Waals surface area contributed by atoms with Gasteiger partial charge in [-0.05, 0) is 121 Å². The van der Waals surface area contributed by atoms with Crippen LogP contribution in [0.4, 0.5) is 0 Å². The molecule has 0 aliphatic carbocycles. The molecular formula is C60H65N3O. The smallest absolute Gasteiger partial charge is 0.149 e. The van der Waals surface area contributed by atoms with Crippen LogP contribution in [0.25, 0.3) is 72.7 Å². The molecular weight excluding hydrogens is 779 g/mol. The van der Waals surface area contributed by atoms with Crippen molar-refractivity contribution in [3.8, 4) is 67.5 Å². The Balaban J connectivity index is 1.43. The molecule has 64 heavy (non-hydrogen) atoms. The Hall–Kier alpha value is -6.26. The molecule has 6 aromatic carbocycles. The highest BCUT2D eigenvalue weighted by Gasteiger charge is 2.30. The summed E-state index contributed by atoms with van der Waals surface area (Å²) in [6, 6.07) is 46.7. The second-order valence-corrected chi connectivity index (χ2v) is 21.0. The Bertz CT molecular complexity index is 3090. The fourth-order valence-corrected chi connectivity index (χ4v) is 8.59. The SMILES string of the molecule is [2H]C(C)(C)c1ccc(-c2ccnc(-c3cc(-c4cccc5c4nc(-c4cc(C(C)(C)C)cc(C(C)(C)C)c4O)n5-c4ccc(C([2H])(C)C)cc4-c4ccccc4)cc(C(C)(C)C)c3)c2)cc1. The first kappa shape index (κ1) is 41.7. The average molecular weight is 846 g/mol. The maximum atomic E-state index is 12.5. The molecule has 0 fully saturated rings. The van der Waals surface area contributed by atoms with E-state index in [2.05, 4.69) is 176 Å². The molecule has 8 rings (SSSR count). The van der Waals surface area contributed by atoms with E-state index in [1.54, 1.807) is 0 Å². The van der Waals surface area contributed by atoms with E-state index in [-0.39, 0.29) is 22.0 Å². The van der Waals surface area contributed by atoms with Crippen LogP contribution in [0.15, 0.2) is 140 Å². The normalized spacial score (nSPS) is 13.3. The van der Waals surface area contributed by atoms with Gasteiger partial charge < -0.3 is 5.11 Å². The Labute approximate surface area is 384 Å². The monoisotopic (exact) mass is 846 g/mol. The van der Waals surface area contributed by atoms with Gasteiger partial charge in [0.1, 0.15) is 11.6 Å². The lowest BCUT2D eigenvalue weighted by atomic mass is 9.79. The van der Waals surface area contributed by atoms with Crippen molar-refractivity contribution in [2.24, 2.45) is 0 Å². The number of fused-ring (bicyclic) bond motifs is 1. The van der Waals surface area contributed by atoms with Crippen LogP contribution in [0.1, 0.15) is 132 Å². The molecule has 0 amide bonds. The van der Waals surface area contributed by atoms with Crippen molar-refractivity contribution in [1.82, 2.24) is 14.5 Å². The van der Waals surface area contributed by atoms with E-state index in [9.17, 15) is 5.11 Å². The summed E-state index contributed by atoms with van der Waals surface area (Å²) >= 11 is 0. The summed E-state index contributed by atoms with van der Waals surface area (Å²) in [5.41, 5.74) is 15.6. The molecule has 0 spiro atoms. The van der Waals surface area contributed by atoms with E-state index >= 15 is 0 Å². The van der Waals surface area contributed by atoms with Crippen LogP contribution in [0.5, 0.6) is 5.75 Å². The minimum absolute atomic E-state index is 0.180. The molecule has 0 atom stereocenters. The number of pyridine rings is 1. The number of aromatic nitrogens is 3. The number of para-hydroxylation sites is 1. The predicted molar refractivity (Wildman–Crippen MR) is 272 cm³/mol. The first-order chi connectivity index (χ1) is 30.8. The topological polar surface area (TPSA) is 50.9 Å². The maximum Gasteiger partial charge on any atom is 0.149 e. The number of imidazole rings is 1. The van der Waals surface area contributed by atoms with Crippen molar-refractivity contribution in [1.29, 1.82) is 0 Å². The van der Waals surface area contributed by atoms with E-state index in [0.717, 1.165) is 83.6 Å². The summed E-state index contributed by atoms with van der Waals surface area (Å²) in [6.07, 6.45) is 1.88. The Morgan fingerprint density at radius 3 is 1.80 bits per heavy atom. The van der Waals surface area contributed by atoms with Gasteiger partial charge in [-0.15, -0.1) is 0 Å². The van der Waals surface area contributed by atoms with Gasteiger partial charge in [-0.2, -0.15) is 0 Å². The fourth-order valence-electron chi connectivity index (χ4n) is 8.59. The van der Waals surface area contributed by atoms with E-state index < -0.39 is 11.8 Å². The first-order valence-electron chi connectivity index (χ1n) is 23.6. The second kappa shape index (κ2) is 16.7. The summed E-state index contributed by atoms with van der Waals surface area (Å²) in [4.78, 5) is 10.6. The number of aromatic hydroxyl groups is 1. The van der Waals surface area contributed by atoms with Crippen molar-refractivity contribution in [3.05, 3.63) is 167 Å². The summed E-state index contributed by atoms with van der Waals surface area (Å²) in [5.74, 6) is -0.640. The Morgan fingerprint density at radius 1 is 0.516 bits per heavy atom. The van der Waals surface area contributed by atoms with Gasteiger partial charge in [0.2, 0.25) is 0 Å². The molecule has 0 aliphatic rings. The van der Waals surface area contributed by atoms with E-state index in [1.165, 1.54) is 5.56 Å². The lowest BCUT2D eigenvalue weighted by Crippen LogP contribution is -2.17. The molecule has 0 saturated heterocycles. The van der Waals surface area contributed by atoms with Crippen LogP contribution in [-0.2, 0) is 16.2 Å². The molecule has 8 aromatic rings. The summed E-state index contributed by atoms with van der Waals surface area (Å²) in [7, 11) is 0. The lowest BCUT2D eigenvalue weighted by Gasteiger charge is -2.27. The molecule has 0 unspecified atom stereocenters. The Kier molecular flexibility index (Phi) is 10.9. The number of nitrogens with zero attached hydrogens (tertiary/aromatic N) is 3. The predicted octanol–water partition coefficient (Wildman–Crippen LogP) is 16.6. The third kappa shape index (κ3) is 8.68. The van der Waals surface area contributed by atoms with Crippen molar-refractivity contribution in [3.63, 3.8) is 0 Å². The molecule has 4 nitrogen and oxygen atoms in total. The van der Waals surface area contributed by atoms with Crippen LogP contribution in [-0.4, -0.2) is 19.6 Å². The third-order valence-electron chi connectivity index (χ3n) is 12.6. The number of benzene rings is 6. The largest absolute Gasteiger partial charge is 0.507 e. The third-order valence-corrected chi connectivity index (χ3v) is 12.6. The fraction of sp³-hybridized carbons (Fsp3) is 0.300. The Morgan fingerprint density at radius 2 is 1.16 bits per heavy atom. The number of phenols is 1. The van der Waals surface area contributed by atoms with Gasteiger partial charge in [-0.25, -0.2) is 4.98 Å². The number of hydrogen-bond donors (Lipinski definition) is 1. The van der Waals surface area contributed by atoms with Crippen LogP contribution in [0.2, 0.25) is 0 Å². The van der Waals surface area contributed by atoms with Crippen LogP contribution in [0, 0.1) is 0 Å². The van der Waals surface area contributed by atoms with Gasteiger partial charge in [0.25, 0.3) is 0 Å². The zero-order chi connectivity index (χ0) is 47.7. The average Bonchev–Trinajstić information content (AvgIpc) is 3.64. The molecule has 4 heteroatoms. The summed E-state index contributed by atoms with van der Waals surface area (Å²) in [6.45, 7) is 27.5. The molecule has 2 aromatic heterocycles. The van der Waals surface area contributed by atoms with Gasteiger partial charge in [0, 0.05) is 31.2 Å². The van der Waals surface area contributed by atoms with Crippen LogP contribution in [0.3, 0.4) is 0 Å². The van der Waals surface area contributed by atoms with Gasteiger partial charge in [0.05, 0.1) is 28.0 Å². The zero-order valence-electron chi connectivity index (χ0n) is 42.1. The molecule has 0 radical (unpaired) electrons. The minimum atomic E-state index is -0.829. The minimum Gasteiger partial charge on any atom is -0.507 e. The summed E-state index contributed by atoms with van der Waals surface area (Å²) in [5, 5.41) is 12.5. The van der Waals surface area contributed by atoms with Crippen LogP contribution < -0.4 is 0 Å². The van der Waals surface area contributed by atoms with Gasteiger partial charge in [0.15, 0.2) is 0 Å². The molecule has 2 heterocycles. The van der Waals surface area contributed by atoms with Crippen LogP contribution >= 0.6 is 0 Å². The quantitative estimate of drug-likeness (QED) is 0.166. The highest BCUT2D eigenvalue weighted by atomic mass is 16.3. The zero-order valence-corrected chi connectivity index (χ0v) is 40.1. The van der Waals surface area contributed by atoms with Crippen molar-refractivity contribution < 1.29 is 7.85 Å². The van der Waals surface area contributed by atoms with E-state index in [0.29, 0.717) is 11.4 Å². The molecule has 0 saturated carbocycles. The van der Waals surface area contributed by atoms with E-state index in [4.69, 9.17) is 12.7 Å². The molecule has 326 valence electrons. The number of rotatable bonds is 8. The molecule has 0 bridgehead atoms. The summed E-state index contributed by atoms with van der Waals surface area (Å²) < 4.78 is 19.8. The maximum absolute atomic E-state index is 12.5. The van der Waals surface area contributed by atoms with Gasteiger partial charge >= 0.3 is 0 Å². The highest BCUT2D eigenvalue weighted by molar-refractivity contribution is 5.98. The number of hydrogen-bond acceptors (Lipinski definition) is 3. The standard InChI is InChI=1S/C60H65N3O/c1-37(2)39-22-24-40(25-23-39)43-28-29-61-52(34-43)45-30-44(31-46(32-45)58(5,6)7)48-20-17-21-54-55(48)62-57(50-35-47(59(8,9)10)36-51(56(50)64)60(11,12)13)63(54)53-27-26-42(38(3)4)33-49(53)41-18-15-14-16-19-41/h14-38,64H,1-13H3/i37D,38D. The molecule has 1 N–H and O–H groups in total. The van der Waals surface area contributed by atoms with Crippen molar-refractivity contribution in [2.45, 2.75) is 118 Å². The van der Waals surface area contributed by atoms with Gasteiger partial charge in [-0.1, -0.05) is 175 Å². The van der Waals surface area contributed by atoms with E-state index in [1.807, 2.05) is 58.2 Å². The second-order valence-electron chi connectivity index (χ2n) is 21.0. The first-order valence-corrected chi connectivity index (χ1v) is 22.6. The molecule has 0 aliphatic heterocycles. The lowest BCUT2D eigenvalue weighted by molar-refractivity contribution is 0.446. The van der Waals surface area contributed by atoms with Gasteiger partial charge in [-0.3, -0.25) is 9.55 Å². The van der Waals surface area contributed by atoms with Crippen molar-refractivity contribution >= 4 is 11.0 Å². The van der Waals surface area contributed by atoms with Crippen molar-refractivity contribution in [2.75, 3.05) is 0 Å². The highest BCUT2D eigenvalue weighted by Crippen LogP contribution is 2.46. The number of phenolic OH excluding ortho intramolecular Hbond substituents is 1.